The molecule has 0 saturated heterocycles. The SMILES string of the molecule is CCc1ccc(NC(=O)CCCN(c2ccccc2C)S(C)(=O)=O)cc1. The molecule has 0 atom stereocenters. The van der Waals surface area contributed by atoms with Gasteiger partial charge in [0.15, 0.2) is 0 Å². The predicted molar refractivity (Wildman–Crippen MR) is 107 cm³/mol. The Labute approximate surface area is 156 Å². The lowest BCUT2D eigenvalue weighted by Crippen LogP contribution is -2.32. The fraction of sp³-hybridized carbons (Fsp3) is 0.350. The van der Waals surface area contributed by atoms with E-state index in [1.807, 2.05) is 49.4 Å². The third-order valence-corrected chi connectivity index (χ3v) is 5.38. The maximum absolute atomic E-state index is 12.1. The molecule has 0 fully saturated rings. The molecule has 0 radical (unpaired) electrons. The Kier molecular flexibility index (Phi) is 6.80. The van der Waals surface area contributed by atoms with Crippen LogP contribution in [0.25, 0.3) is 0 Å². The summed E-state index contributed by atoms with van der Waals surface area (Å²) in [6.07, 6.45) is 2.84. The normalized spacial score (nSPS) is 11.2. The van der Waals surface area contributed by atoms with Gasteiger partial charge in [-0.05, 0) is 49.1 Å². The van der Waals surface area contributed by atoms with Gasteiger partial charge in [0.2, 0.25) is 15.9 Å². The summed E-state index contributed by atoms with van der Waals surface area (Å²) < 4.78 is 25.6. The number of nitrogens with one attached hydrogen (secondary N) is 1. The van der Waals surface area contributed by atoms with Gasteiger partial charge in [0.1, 0.15) is 0 Å². The zero-order chi connectivity index (χ0) is 19.2. The molecule has 6 heteroatoms. The lowest BCUT2D eigenvalue weighted by Gasteiger charge is -2.24. The zero-order valence-corrected chi connectivity index (χ0v) is 16.3. The van der Waals surface area contributed by atoms with Crippen molar-refractivity contribution in [3.8, 4) is 0 Å². The van der Waals surface area contributed by atoms with Crippen molar-refractivity contribution in [2.75, 3.05) is 22.4 Å². The summed E-state index contributed by atoms with van der Waals surface area (Å²) in [7, 11) is -3.40. The Morgan fingerprint density at radius 2 is 1.73 bits per heavy atom. The van der Waals surface area contributed by atoms with Gasteiger partial charge in [-0.3, -0.25) is 9.10 Å². The van der Waals surface area contributed by atoms with E-state index in [0.717, 1.165) is 17.7 Å². The first kappa shape index (κ1) is 20.0. The Hall–Kier alpha value is -2.34. The Balaban J connectivity index is 1.94. The van der Waals surface area contributed by atoms with Crippen molar-refractivity contribution < 1.29 is 13.2 Å². The topological polar surface area (TPSA) is 66.5 Å². The first-order valence-corrected chi connectivity index (χ1v) is 10.6. The lowest BCUT2D eigenvalue weighted by atomic mass is 10.1. The molecular formula is C20H26N2O3S. The molecule has 0 aliphatic carbocycles. The molecule has 0 heterocycles. The number of benzene rings is 2. The van der Waals surface area contributed by atoms with Crippen LogP contribution < -0.4 is 9.62 Å². The van der Waals surface area contributed by atoms with Gasteiger partial charge in [0.25, 0.3) is 0 Å². The first-order valence-electron chi connectivity index (χ1n) is 8.73. The summed E-state index contributed by atoms with van der Waals surface area (Å²) >= 11 is 0. The number of carbonyl (C=O) groups excluding carboxylic acids is 1. The van der Waals surface area contributed by atoms with Crippen LogP contribution in [0.5, 0.6) is 0 Å². The Morgan fingerprint density at radius 3 is 2.31 bits per heavy atom. The van der Waals surface area contributed by atoms with E-state index in [-0.39, 0.29) is 18.9 Å². The molecule has 0 bridgehead atoms. The third kappa shape index (κ3) is 5.59. The van der Waals surface area contributed by atoms with Crippen LogP contribution in [-0.2, 0) is 21.2 Å². The molecule has 0 aliphatic rings. The summed E-state index contributed by atoms with van der Waals surface area (Å²) in [5, 5.41) is 2.85. The minimum Gasteiger partial charge on any atom is -0.326 e. The van der Waals surface area contributed by atoms with E-state index in [2.05, 4.69) is 12.2 Å². The monoisotopic (exact) mass is 374 g/mol. The maximum Gasteiger partial charge on any atom is 0.232 e. The van der Waals surface area contributed by atoms with E-state index in [9.17, 15) is 13.2 Å². The van der Waals surface area contributed by atoms with Gasteiger partial charge < -0.3 is 5.32 Å². The summed E-state index contributed by atoms with van der Waals surface area (Å²) in [5.74, 6) is -0.118. The average Bonchev–Trinajstić information content (AvgIpc) is 2.59. The smallest absolute Gasteiger partial charge is 0.232 e. The number of para-hydroxylation sites is 1. The maximum atomic E-state index is 12.1. The molecule has 0 aromatic heterocycles. The van der Waals surface area contributed by atoms with E-state index in [1.165, 1.54) is 16.1 Å². The highest BCUT2D eigenvalue weighted by molar-refractivity contribution is 7.92. The van der Waals surface area contributed by atoms with Gasteiger partial charge in [0, 0.05) is 18.7 Å². The molecule has 0 unspecified atom stereocenters. The quantitative estimate of drug-likeness (QED) is 0.765. The molecule has 2 rings (SSSR count). The first-order chi connectivity index (χ1) is 12.3. The minimum atomic E-state index is -3.40. The molecular weight excluding hydrogens is 348 g/mol. The number of rotatable bonds is 8. The summed E-state index contributed by atoms with van der Waals surface area (Å²) in [5.41, 5.74) is 3.51. The molecule has 1 N–H and O–H groups in total. The summed E-state index contributed by atoms with van der Waals surface area (Å²) in [6.45, 7) is 4.22. The minimum absolute atomic E-state index is 0.118. The summed E-state index contributed by atoms with van der Waals surface area (Å²) in [4.78, 5) is 12.1. The number of aryl methyl sites for hydroxylation is 2. The number of amides is 1. The van der Waals surface area contributed by atoms with E-state index >= 15 is 0 Å². The van der Waals surface area contributed by atoms with Crippen LogP contribution in [0.4, 0.5) is 11.4 Å². The van der Waals surface area contributed by atoms with Crippen molar-refractivity contribution in [3.05, 3.63) is 59.7 Å². The average molecular weight is 375 g/mol. The molecule has 2 aromatic rings. The van der Waals surface area contributed by atoms with Crippen molar-refractivity contribution in [1.82, 2.24) is 0 Å². The van der Waals surface area contributed by atoms with Crippen molar-refractivity contribution in [2.24, 2.45) is 0 Å². The van der Waals surface area contributed by atoms with Gasteiger partial charge in [-0.2, -0.15) is 0 Å². The number of anilines is 2. The summed E-state index contributed by atoms with van der Waals surface area (Å²) in [6, 6.07) is 15.1. The molecule has 0 aliphatic heterocycles. The zero-order valence-electron chi connectivity index (χ0n) is 15.5. The van der Waals surface area contributed by atoms with Gasteiger partial charge in [-0.25, -0.2) is 8.42 Å². The Bertz CT molecular complexity index is 846. The van der Waals surface area contributed by atoms with E-state index in [0.29, 0.717) is 12.1 Å². The van der Waals surface area contributed by atoms with Crippen molar-refractivity contribution in [2.45, 2.75) is 33.1 Å². The van der Waals surface area contributed by atoms with Crippen molar-refractivity contribution in [3.63, 3.8) is 0 Å². The van der Waals surface area contributed by atoms with Crippen LogP contribution in [0.15, 0.2) is 48.5 Å². The van der Waals surface area contributed by atoms with Crippen LogP contribution in [0, 0.1) is 6.92 Å². The molecule has 1 amide bonds. The van der Waals surface area contributed by atoms with Crippen molar-refractivity contribution in [1.29, 1.82) is 0 Å². The van der Waals surface area contributed by atoms with Crippen LogP contribution in [-0.4, -0.2) is 27.1 Å². The largest absolute Gasteiger partial charge is 0.326 e. The lowest BCUT2D eigenvalue weighted by molar-refractivity contribution is -0.116. The predicted octanol–water partition coefficient (Wildman–Crippen LogP) is 3.74. The third-order valence-electron chi connectivity index (χ3n) is 4.20. The van der Waals surface area contributed by atoms with Gasteiger partial charge >= 0.3 is 0 Å². The van der Waals surface area contributed by atoms with Crippen LogP contribution in [0.3, 0.4) is 0 Å². The van der Waals surface area contributed by atoms with Gasteiger partial charge in [-0.1, -0.05) is 37.3 Å². The van der Waals surface area contributed by atoms with E-state index in [4.69, 9.17) is 0 Å². The second-order valence-corrected chi connectivity index (χ2v) is 8.23. The number of nitrogens with zero attached hydrogens (tertiary/aromatic N) is 1. The molecule has 0 saturated carbocycles. The fourth-order valence-electron chi connectivity index (χ4n) is 2.74. The number of carbonyl (C=O) groups is 1. The number of hydrogen-bond acceptors (Lipinski definition) is 3. The molecule has 26 heavy (non-hydrogen) atoms. The number of sulfonamides is 1. The van der Waals surface area contributed by atoms with Crippen molar-refractivity contribution >= 4 is 27.3 Å². The fourth-order valence-corrected chi connectivity index (χ4v) is 3.76. The second-order valence-electron chi connectivity index (χ2n) is 6.32. The van der Waals surface area contributed by atoms with E-state index < -0.39 is 10.0 Å². The molecule has 2 aromatic carbocycles. The van der Waals surface area contributed by atoms with Crippen LogP contribution in [0.2, 0.25) is 0 Å². The highest BCUT2D eigenvalue weighted by Crippen LogP contribution is 2.22. The van der Waals surface area contributed by atoms with Gasteiger partial charge in [0.05, 0.1) is 11.9 Å². The van der Waals surface area contributed by atoms with E-state index in [1.54, 1.807) is 6.07 Å². The second kappa shape index (κ2) is 8.85. The highest BCUT2D eigenvalue weighted by atomic mass is 32.2. The highest BCUT2D eigenvalue weighted by Gasteiger charge is 2.19. The molecule has 5 nitrogen and oxygen atoms in total. The van der Waals surface area contributed by atoms with Gasteiger partial charge in [-0.15, -0.1) is 0 Å². The standard InChI is InChI=1S/C20H26N2O3S/c1-4-17-11-13-18(14-12-17)21-20(23)10-7-15-22(26(3,24)25)19-9-6-5-8-16(19)2/h5-6,8-9,11-14H,4,7,10,15H2,1-3H3,(H,21,23). The van der Waals surface area contributed by atoms with Crippen LogP contribution >= 0.6 is 0 Å². The Morgan fingerprint density at radius 1 is 1.08 bits per heavy atom. The molecule has 0 spiro atoms. The number of hydrogen-bond donors (Lipinski definition) is 1. The molecule has 140 valence electrons. The van der Waals surface area contributed by atoms with Crippen LogP contribution in [0.1, 0.15) is 30.9 Å².